The van der Waals surface area contributed by atoms with Gasteiger partial charge in [0.15, 0.2) is 5.82 Å². The highest BCUT2D eigenvalue weighted by molar-refractivity contribution is 6.31. The molecular formula is C28H33ClN4O5. The van der Waals surface area contributed by atoms with Gasteiger partial charge < -0.3 is 19.9 Å². The molecule has 0 fully saturated rings. The fraction of sp³-hybridized carbons (Fsp3) is 0.357. The first kappa shape index (κ1) is 28.7. The molecule has 0 bridgehead atoms. The smallest absolute Gasteiger partial charge is 0.248 e. The molecule has 2 N–H and O–H groups in total. The average Bonchev–Trinajstić information content (AvgIpc) is 3.25. The Balaban J connectivity index is 2.03. The SMILES string of the molecule is CCOc1ccccc1N(C(=O)CCC(=O)Nc1cc(C)on1)C(C(=O)NC(C)(C)C)c1ccccc1Cl. The lowest BCUT2D eigenvalue weighted by Crippen LogP contribution is -2.49. The summed E-state index contributed by atoms with van der Waals surface area (Å²) in [6.45, 7) is 9.44. The lowest BCUT2D eigenvalue weighted by atomic mass is 10.00. The molecule has 0 aliphatic heterocycles. The van der Waals surface area contributed by atoms with Crippen LogP contribution in [-0.2, 0) is 14.4 Å². The summed E-state index contributed by atoms with van der Waals surface area (Å²) in [5.74, 6) is -0.0745. The lowest BCUT2D eigenvalue weighted by molar-refractivity contribution is -0.128. The van der Waals surface area contributed by atoms with E-state index in [1.807, 2.05) is 27.7 Å². The highest BCUT2D eigenvalue weighted by atomic mass is 35.5. The van der Waals surface area contributed by atoms with E-state index in [1.54, 1.807) is 61.5 Å². The molecule has 3 rings (SSSR count). The van der Waals surface area contributed by atoms with E-state index in [0.717, 1.165) is 0 Å². The number of halogens is 1. The molecule has 1 atom stereocenters. The molecule has 3 aromatic rings. The second-order valence-corrected chi connectivity index (χ2v) is 10.1. The minimum atomic E-state index is -1.13. The molecule has 0 saturated heterocycles. The number of rotatable bonds is 10. The molecule has 1 aromatic heterocycles. The molecule has 0 aliphatic rings. The number of nitrogens with zero attached hydrogens (tertiary/aromatic N) is 2. The average molecular weight is 541 g/mol. The van der Waals surface area contributed by atoms with Crippen molar-refractivity contribution in [3.8, 4) is 5.75 Å². The maximum atomic E-state index is 13.9. The first-order chi connectivity index (χ1) is 18.0. The summed E-state index contributed by atoms with van der Waals surface area (Å²) in [6.07, 6.45) is -0.332. The number of ether oxygens (including phenoxy) is 1. The highest BCUT2D eigenvalue weighted by Crippen LogP contribution is 2.38. The van der Waals surface area contributed by atoms with Gasteiger partial charge in [-0.1, -0.05) is 47.1 Å². The van der Waals surface area contributed by atoms with Gasteiger partial charge in [-0.2, -0.15) is 0 Å². The number of para-hydroxylation sites is 2. The van der Waals surface area contributed by atoms with Crippen LogP contribution in [0.1, 0.15) is 57.9 Å². The summed E-state index contributed by atoms with van der Waals surface area (Å²) in [5.41, 5.74) is 0.249. The third-order valence-electron chi connectivity index (χ3n) is 5.36. The third kappa shape index (κ3) is 7.58. The molecule has 0 saturated carbocycles. The molecule has 1 heterocycles. The van der Waals surface area contributed by atoms with E-state index in [1.165, 1.54) is 4.90 Å². The molecule has 2 aromatic carbocycles. The first-order valence-corrected chi connectivity index (χ1v) is 12.7. The summed E-state index contributed by atoms with van der Waals surface area (Å²) in [7, 11) is 0. The van der Waals surface area contributed by atoms with E-state index >= 15 is 0 Å². The monoisotopic (exact) mass is 540 g/mol. The lowest BCUT2D eigenvalue weighted by Gasteiger charge is -2.35. The normalized spacial score (nSPS) is 11.9. The van der Waals surface area contributed by atoms with Crippen LogP contribution in [0.3, 0.4) is 0 Å². The fourth-order valence-electron chi connectivity index (χ4n) is 3.86. The van der Waals surface area contributed by atoms with Gasteiger partial charge in [0.05, 0.1) is 12.3 Å². The molecule has 9 nitrogen and oxygen atoms in total. The van der Waals surface area contributed by atoms with Crippen molar-refractivity contribution in [2.75, 3.05) is 16.8 Å². The zero-order chi connectivity index (χ0) is 27.9. The highest BCUT2D eigenvalue weighted by Gasteiger charge is 2.36. The van der Waals surface area contributed by atoms with Gasteiger partial charge in [-0.15, -0.1) is 0 Å². The van der Waals surface area contributed by atoms with Crippen LogP contribution in [0.4, 0.5) is 11.5 Å². The second kappa shape index (κ2) is 12.6. The summed E-state index contributed by atoms with van der Waals surface area (Å²) < 4.78 is 10.8. The largest absolute Gasteiger partial charge is 0.492 e. The van der Waals surface area contributed by atoms with Gasteiger partial charge in [-0.3, -0.25) is 19.3 Å². The Morgan fingerprint density at radius 3 is 2.39 bits per heavy atom. The third-order valence-corrected chi connectivity index (χ3v) is 5.70. The molecule has 0 spiro atoms. The Labute approximate surface area is 227 Å². The van der Waals surface area contributed by atoms with Gasteiger partial charge in [0.25, 0.3) is 0 Å². The van der Waals surface area contributed by atoms with Gasteiger partial charge in [0, 0.05) is 35.0 Å². The van der Waals surface area contributed by atoms with Crippen LogP contribution in [0.5, 0.6) is 5.75 Å². The number of amides is 3. The predicted molar refractivity (Wildman–Crippen MR) is 146 cm³/mol. The van der Waals surface area contributed by atoms with Crippen molar-refractivity contribution < 1.29 is 23.6 Å². The van der Waals surface area contributed by atoms with Crippen LogP contribution in [0, 0.1) is 6.92 Å². The van der Waals surface area contributed by atoms with Gasteiger partial charge in [-0.25, -0.2) is 0 Å². The number of carbonyl (C=O) groups is 3. The summed E-state index contributed by atoms with van der Waals surface area (Å²) in [5, 5.41) is 9.66. The molecular weight excluding hydrogens is 508 g/mol. The van der Waals surface area contributed by atoms with Crippen molar-refractivity contribution in [2.24, 2.45) is 0 Å². The van der Waals surface area contributed by atoms with Crippen molar-refractivity contribution in [1.82, 2.24) is 10.5 Å². The van der Waals surface area contributed by atoms with Crippen molar-refractivity contribution in [1.29, 1.82) is 0 Å². The van der Waals surface area contributed by atoms with Gasteiger partial charge in [0.2, 0.25) is 17.7 Å². The van der Waals surface area contributed by atoms with Crippen molar-refractivity contribution in [3.05, 3.63) is 70.9 Å². The molecule has 202 valence electrons. The van der Waals surface area contributed by atoms with E-state index in [2.05, 4.69) is 15.8 Å². The van der Waals surface area contributed by atoms with Crippen LogP contribution in [-0.4, -0.2) is 35.0 Å². The van der Waals surface area contributed by atoms with Gasteiger partial charge in [0.1, 0.15) is 17.6 Å². The second-order valence-electron chi connectivity index (χ2n) is 9.70. The number of aromatic nitrogens is 1. The number of hydrogen-bond donors (Lipinski definition) is 2. The predicted octanol–water partition coefficient (Wildman–Crippen LogP) is 5.44. The molecule has 3 amide bonds. The van der Waals surface area contributed by atoms with Gasteiger partial charge >= 0.3 is 0 Å². The van der Waals surface area contributed by atoms with E-state index in [-0.39, 0.29) is 18.7 Å². The van der Waals surface area contributed by atoms with Crippen LogP contribution in [0.2, 0.25) is 5.02 Å². The standard InChI is InChI=1S/C28H33ClN4O5/c1-6-37-22-14-10-9-13-21(22)33(25(35)16-15-24(34)30-23-17-18(2)38-32-23)26(27(36)31-28(3,4)5)19-11-7-8-12-20(19)29/h7-14,17,26H,6,15-16H2,1-5H3,(H,31,36)(H,30,32,34). The zero-order valence-electron chi connectivity index (χ0n) is 22.2. The van der Waals surface area contributed by atoms with Crippen LogP contribution in [0.25, 0.3) is 0 Å². The fourth-order valence-corrected chi connectivity index (χ4v) is 4.09. The first-order valence-electron chi connectivity index (χ1n) is 12.3. The quantitative estimate of drug-likeness (QED) is 0.354. The van der Waals surface area contributed by atoms with Crippen molar-refractivity contribution in [3.63, 3.8) is 0 Å². The molecule has 0 aliphatic carbocycles. The Bertz CT molecular complexity index is 1280. The Morgan fingerprint density at radius 1 is 1.08 bits per heavy atom. The van der Waals surface area contributed by atoms with Crippen LogP contribution < -0.4 is 20.3 Å². The number of anilines is 2. The van der Waals surface area contributed by atoms with E-state index in [0.29, 0.717) is 34.4 Å². The number of aryl methyl sites for hydroxylation is 1. The van der Waals surface area contributed by atoms with E-state index in [9.17, 15) is 14.4 Å². The number of benzene rings is 2. The van der Waals surface area contributed by atoms with Crippen molar-refractivity contribution >= 4 is 40.8 Å². The van der Waals surface area contributed by atoms with E-state index < -0.39 is 29.3 Å². The minimum Gasteiger partial charge on any atom is -0.492 e. The van der Waals surface area contributed by atoms with Crippen molar-refractivity contribution in [2.45, 2.75) is 59.0 Å². The van der Waals surface area contributed by atoms with E-state index in [4.69, 9.17) is 20.9 Å². The number of nitrogens with one attached hydrogen (secondary N) is 2. The molecule has 0 radical (unpaired) electrons. The number of carbonyl (C=O) groups excluding carboxylic acids is 3. The molecule has 38 heavy (non-hydrogen) atoms. The summed E-state index contributed by atoms with van der Waals surface area (Å²) in [4.78, 5) is 41.6. The van der Waals surface area contributed by atoms with Gasteiger partial charge in [-0.05, 0) is 52.8 Å². The van der Waals surface area contributed by atoms with Crippen LogP contribution in [0.15, 0.2) is 59.1 Å². The maximum Gasteiger partial charge on any atom is 0.248 e. The topological polar surface area (TPSA) is 114 Å². The summed E-state index contributed by atoms with van der Waals surface area (Å²) in [6, 6.07) is 14.3. The minimum absolute atomic E-state index is 0.145. The maximum absolute atomic E-state index is 13.9. The molecule has 1 unspecified atom stereocenters. The Hall–Kier alpha value is -3.85. The van der Waals surface area contributed by atoms with Crippen LogP contribution >= 0.6 is 11.6 Å². The summed E-state index contributed by atoms with van der Waals surface area (Å²) >= 11 is 6.56. The Kier molecular flexibility index (Phi) is 9.52. The number of hydrogen-bond acceptors (Lipinski definition) is 6. The molecule has 10 heteroatoms. The zero-order valence-corrected chi connectivity index (χ0v) is 23.0. The Morgan fingerprint density at radius 2 is 1.76 bits per heavy atom.